The molecule has 5 rings (SSSR count). The molecule has 2 saturated heterocycles. The van der Waals surface area contributed by atoms with E-state index in [2.05, 4.69) is 67.1 Å². The second kappa shape index (κ2) is 12.2. The molecule has 9 nitrogen and oxygen atoms in total. The number of aryl methyl sites for hydroxylation is 2. The first-order valence-corrected chi connectivity index (χ1v) is 14.5. The number of amides is 1. The zero-order chi connectivity index (χ0) is 28.2. The number of phenols is 1. The first-order valence-electron chi connectivity index (χ1n) is 14.5. The van der Waals surface area contributed by atoms with Gasteiger partial charge in [-0.3, -0.25) is 9.89 Å². The standard InChI is InChI=1S/C31H43N7O2/c1-20-9-13-37(14-10-20)26-11-15-38(16-12-26)25-7-5-24(6-8-25)34-30-27(31(40)32-4)29(35-36-30)33-19-23-17-21(2)28(39)22(3)18-23/h5-8,17-18,20,26,39H,9-16,19H2,1-4H3,(H,32,40)(H3,33,34,35,36). The number of likely N-dealkylation sites (tertiary alicyclic amines) is 1. The Kier molecular flexibility index (Phi) is 8.49. The van der Waals surface area contributed by atoms with Gasteiger partial charge in [0.1, 0.15) is 17.1 Å². The van der Waals surface area contributed by atoms with Gasteiger partial charge in [0.15, 0.2) is 5.82 Å². The number of aromatic amines is 1. The molecule has 9 heteroatoms. The van der Waals surface area contributed by atoms with Crippen molar-refractivity contribution in [3.8, 4) is 5.75 Å². The van der Waals surface area contributed by atoms with Crippen LogP contribution in [0.25, 0.3) is 0 Å². The Morgan fingerprint density at radius 3 is 2.30 bits per heavy atom. The van der Waals surface area contributed by atoms with Crippen molar-refractivity contribution < 1.29 is 9.90 Å². The number of anilines is 4. The van der Waals surface area contributed by atoms with Crippen LogP contribution in [0.5, 0.6) is 5.75 Å². The maximum atomic E-state index is 12.8. The van der Waals surface area contributed by atoms with Crippen LogP contribution in [-0.4, -0.2) is 65.4 Å². The highest BCUT2D eigenvalue weighted by molar-refractivity contribution is 6.04. The van der Waals surface area contributed by atoms with Crippen LogP contribution in [0.4, 0.5) is 23.0 Å². The molecule has 0 saturated carbocycles. The molecule has 3 aromatic rings. The molecule has 2 aliphatic rings. The summed E-state index contributed by atoms with van der Waals surface area (Å²) in [5.41, 5.74) is 5.17. The summed E-state index contributed by atoms with van der Waals surface area (Å²) in [5.74, 6) is 1.94. The quantitative estimate of drug-likeness (QED) is 0.266. The second-order valence-corrected chi connectivity index (χ2v) is 11.4. The lowest BCUT2D eigenvalue weighted by Crippen LogP contribution is -2.47. The van der Waals surface area contributed by atoms with Crippen LogP contribution in [0.2, 0.25) is 0 Å². The van der Waals surface area contributed by atoms with E-state index in [-0.39, 0.29) is 5.91 Å². The molecule has 40 heavy (non-hydrogen) atoms. The lowest BCUT2D eigenvalue weighted by Gasteiger charge is -2.42. The normalized spacial score (nSPS) is 17.1. The van der Waals surface area contributed by atoms with Crippen molar-refractivity contribution >= 4 is 28.9 Å². The maximum absolute atomic E-state index is 12.8. The monoisotopic (exact) mass is 545 g/mol. The molecule has 0 radical (unpaired) electrons. The van der Waals surface area contributed by atoms with E-state index in [0.717, 1.165) is 47.4 Å². The van der Waals surface area contributed by atoms with Gasteiger partial charge >= 0.3 is 0 Å². The number of H-pyrrole nitrogens is 1. The van der Waals surface area contributed by atoms with Gasteiger partial charge in [-0.1, -0.05) is 19.1 Å². The molecule has 0 bridgehead atoms. The summed E-state index contributed by atoms with van der Waals surface area (Å²) in [4.78, 5) is 18.0. The Balaban J connectivity index is 1.21. The minimum absolute atomic E-state index is 0.237. The maximum Gasteiger partial charge on any atom is 0.258 e. The van der Waals surface area contributed by atoms with E-state index in [1.54, 1.807) is 7.05 Å². The molecule has 1 aromatic heterocycles. The number of aromatic hydroxyl groups is 1. The summed E-state index contributed by atoms with van der Waals surface area (Å²) in [6.07, 6.45) is 5.11. The minimum Gasteiger partial charge on any atom is -0.507 e. The Hall–Kier alpha value is -3.72. The first-order chi connectivity index (χ1) is 19.3. The van der Waals surface area contributed by atoms with Gasteiger partial charge < -0.3 is 30.9 Å². The number of phenolic OH excluding ortho intramolecular Hbond substituents is 1. The van der Waals surface area contributed by atoms with Gasteiger partial charge in [0.05, 0.1) is 0 Å². The van der Waals surface area contributed by atoms with Crippen LogP contribution >= 0.6 is 0 Å². The smallest absolute Gasteiger partial charge is 0.258 e. The predicted octanol–water partition coefficient (Wildman–Crippen LogP) is 5.15. The van der Waals surface area contributed by atoms with Crippen LogP contribution in [0.3, 0.4) is 0 Å². The largest absolute Gasteiger partial charge is 0.507 e. The van der Waals surface area contributed by atoms with Gasteiger partial charge in [0.2, 0.25) is 0 Å². The van der Waals surface area contributed by atoms with Crippen molar-refractivity contribution in [2.75, 3.05) is 48.8 Å². The van der Waals surface area contributed by atoms with Gasteiger partial charge in [-0.15, -0.1) is 0 Å². The summed E-state index contributed by atoms with van der Waals surface area (Å²) in [5, 5.41) is 26.8. The topological polar surface area (TPSA) is 109 Å². The fourth-order valence-corrected chi connectivity index (χ4v) is 6.02. The highest BCUT2D eigenvalue weighted by Crippen LogP contribution is 2.30. The average molecular weight is 546 g/mol. The summed E-state index contributed by atoms with van der Waals surface area (Å²) in [6, 6.07) is 13.0. The van der Waals surface area contributed by atoms with Gasteiger partial charge in [0, 0.05) is 44.1 Å². The molecule has 2 aliphatic heterocycles. The van der Waals surface area contributed by atoms with Crippen LogP contribution < -0.4 is 20.9 Å². The molecule has 0 atom stereocenters. The SMILES string of the molecule is CNC(=O)c1c(NCc2cc(C)c(O)c(C)c2)n[nH]c1Nc1ccc(N2CCC(N3CCC(C)CC3)CC2)cc1. The van der Waals surface area contributed by atoms with E-state index in [1.807, 2.05) is 26.0 Å². The van der Waals surface area contributed by atoms with Crippen LogP contribution in [0.15, 0.2) is 36.4 Å². The summed E-state index contributed by atoms with van der Waals surface area (Å²) >= 11 is 0. The summed E-state index contributed by atoms with van der Waals surface area (Å²) in [7, 11) is 1.61. The molecule has 2 fully saturated rings. The van der Waals surface area contributed by atoms with Crippen molar-refractivity contribution in [2.24, 2.45) is 5.92 Å². The number of benzene rings is 2. The number of nitrogens with one attached hydrogen (secondary N) is 4. The van der Waals surface area contributed by atoms with E-state index in [4.69, 9.17) is 0 Å². The molecule has 0 aliphatic carbocycles. The number of hydrogen-bond donors (Lipinski definition) is 5. The van der Waals surface area contributed by atoms with Gasteiger partial charge in [-0.2, -0.15) is 5.10 Å². The zero-order valence-corrected chi connectivity index (χ0v) is 24.2. The number of piperidine rings is 2. The zero-order valence-electron chi connectivity index (χ0n) is 24.2. The molecule has 214 valence electrons. The van der Waals surface area contributed by atoms with E-state index in [0.29, 0.717) is 29.5 Å². The number of rotatable bonds is 8. The van der Waals surface area contributed by atoms with E-state index in [9.17, 15) is 9.90 Å². The third kappa shape index (κ3) is 6.20. The molecule has 1 amide bonds. The number of carbonyl (C=O) groups excluding carboxylic acids is 1. The fraction of sp³-hybridized carbons (Fsp3) is 0.484. The van der Waals surface area contributed by atoms with Crippen LogP contribution in [0, 0.1) is 19.8 Å². The van der Waals surface area contributed by atoms with Crippen LogP contribution in [-0.2, 0) is 6.54 Å². The Labute approximate surface area is 237 Å². The van der Waals surface area contributed by atoms with Crippen LogP contribution in [0.1, 0.15) is 59.7 Å². The van der Waals surface area contributed by atoms with E-state index >= 15 is 0 Å². The van der Waals surface area contributed by atoms with Crippen molar-refractivity contribution in [1.82, 2.24) is 20.4 Å². The Morgan fingerprint density at radius 2 is 1.68 bits per heavy atom. The van der Waals surface area contributed by atoms with Gasteiger partial charge in [-0.05, 0) is 99.5 Å². The molecule has 0 spiro atoms. The lowest BCUT2D eigenvalue weighted by atomic mass is 9.95. The van der Waals surface area contributed by atoms with E-state index in [1.165, 1.54) is 44.5 Å². The molecule has 0 unspecified atom stereocenters. The molecular weight excluding hydrogens is 502 g/mol. The van der Waals surface area contributed by atoms with E-state index < -0.39 is 0 Å². The lowest BCUT2D eigenvalue weighted by molar-refractivity contribution is 0.0964. The van der Waals surface area contributed by atoms with Crippen molar-refractivity contribution in [1.29, 1.82) is 0 Å². The summed E-state index contributed by atoms with van der Waals surface area (Å²) in [6.45, 7) is 11.3. The average Bonchev–Trinajstić information content (AvgIpc) is 3.37. The molecular formula is C31H43N7O2. The molecule has 3 heterocycles. The Morgan fingerprint density at radius 1 is 1.02 bits per heavy atom. The minimum atomic E-state index is -0.237. The summed E-state index contributed by atoms with van der Waals surface area (Å²) < 4.78 is 0. The van der Waals surface area contributed by atoms with Gasteiger partial charge in [0.25, 0.3) is 5.91 Å². The first kappa shape index (κ1) is 27.8. The molecule has 2 aromatic carbocycles. The number of aromatic nitrogens is 2. The number of nitrogens with zero attached hydrogens (tertiary/aromatic N) is 3. The second-order valence-electron chi connectivity index (χ2n) is 11.4. The molecule has 5 N–H and O–H groups in total. The highest BCUT2D eigenvalue weighted by Gasteiger charge is 2.27. The third-order valence-corrected chi connectivity index (χ3v) is 8.53. The number of hydrogen-bond acceptors (Lipinski definition) is 7. The fourth-order valence-electron chi connectivity index (χ4n) is 6.02. The number of carbonyl (C=O) groups is 1. The van der Waals surface area contributed by atoms with Crippen molar-refractivity contribution in [3.63, 3.8) is 0 Å². The van der Waals surface area contributed by atoms with Gasteiger partial charge in [-0.25, -0.2) is 0 Å². The Bertz CT molecular complexity index is 1280. The third-order valence-electron chi connectivity index (χ3n) is 8.53. The predicted molar refractivity (Wildman–Crippen MR) is 162 cm³/mol. The highest BCUT2D eigenvalue weighted by atomic mass is 16.3. The van der Waals surface area contributed by atoms with Crippen molar-refractivity contribution in [2.45, 2.75) is 59.0 Å². The van der Waals surface area contributed by atoms with Crippen molar-refractivity contribution in [3.05, 3.63) is 58.7 Å².